The molecule has 1 atom stereocenters. The first-order chi connectivity index (χ1) is 15.4. The molecule has 1 aliphatic carbocycles. The molecule has 6 nitrogen and oxygen atoms in total. The maximum absolute atomic E-state index is 13.3. The van der Waals surface area contributed by atoms with Gasteiger partial charge in [0, 0.05) is 12.6 Å². The van der Waals surface area contributed by atoms with Gasteiger partial charge in [0.1, 0.15) is 12.1 Å². The van der Waals surface area contributed by atoms with Crippen molar-refractivity contribution < 1.29 is 14.4 Å². The van der Waals surface area contributed by atoms with Crippen LogP contribution in [0.1, 0.15) is 62.6 Å². The number of hydrogen-bond acceptors (Lipinski definition) is 3. The Kier molecular flexibility index (Phi) is 6.04. The number of urea groups is 1. The molecule has 0 aromatic heterocycles. The lowest BCUT2D eigenvalue weighted by molar-refractivity contribution is -0.140. The van der Waals surface area contributed by atoms with Crippen molar-refractivity contribution >= 4 is 17.8 Å². The molecule has 2 aromatic carbocycles. The predicted octanol–water partition coefficient (Wildman–Crippen LogP) is 4.16. The highest BCUT2D eigenvalue weighted by molar-refractivity contribution is 6.09. The molecule has 4 rings (SSSR count). The number of imide groups is 1. The lowest BCUT2D eigenvalue weighted by Gasteiger charge is -2.27. The topological polar surface area (TPSA) is 69.7 Å². The Hall–Kier alpha value is -3.15. The molecule has 168 valence electrons. The minimum Gasteiger partial charge on any atom is -0.334 e. The van der Waals surface area contributed by atoms with Crippen LogP contribution in [0.4, 0.5) is 4.79 Å². The summed E-state index contributed by atoms with van der Waals surface area (Å²) in [6, 6.07) is 17.2. The first-order valence-electron chi connectivity index (χ1n) is 11.4. The zero-order valence-electron chi connectivity index (χ0n) is 19.0. The van der Waals surface area contributed by atoms with Gasteiger partial charge in [0.15, 0.2) is 0 Å². The molecular formula is C26H31N3O3. The minimum absolute atomic E-state index is 0.179. The van der Waals surface area contributed by atoms with Gasteiger partial charge in [-0.1, -0.05) is 75.4 Å². The Balaban J connectivity index is 1.50. The van der Waals surface area contributed by atoms with E-state index in [0.717, 1.165) is 28.9 Å². The fourth-order valence-corrected chi connectivity index (χ4v) is 4.37. The Morgan fingerprint density at radius 2 is 1.75 bits per heavy atom. The Morgan fingerprint density at radius 3 is 2.31 bits per heavy atom. The second-order valence-corrected chi connectivity index (χ2v) is 9.10. The van der Waals surface area contributed by atoms with Crippen LogP contribution in [-0.4, -0.2) is 40.2 Å². The monoisotopic (exact) mass is 433 g/mol. The van der Waals surface area contributed by atoms with Crippen molar-refractivity contribution in [3.8, 4) is 0 Å². The summed E-state index contributed by atoms with van der Waals surface area (Å²) in [4.78, 5) is 42.2. The van der Waals surface area contributed by atoms with Crippen molar-refractivity contribution in [2.75, 3.05) is 6.54 Å². The van der Waals surface area contributed by atoms with Crippen LogP contribution in [0, 0.1) is 0 Å². The molecule has 2 fully saturated rings. The van der Waals surface area contributed by atoms with E-state index in [-0.39, 0.29) is 24.4 Å². The van der Waals surface area contributed by atoms with Gasteiger partial charge in [0.2, 0.25) is 5.91 Å². The van der Waals surface area contributed by atoms with Crippen molar-refractivity contribution in [2.24, 2.45) is 0 Å². The molecule has 0 spiro atoms. The number of hydrogen-bond donors (Lipinski definition) is 1. The molecule has 4 amide bonds. The summed E-state index contributed by atoms with van der Waals surface area (Å²) in [5.41, 5.74) is 1.93. The number of carbonyl (C=O) groups is 3. The minimum atomic E-state index is -1.12. The van der Waals surface area contributed by atoms with Crippen LogP contribution < -0.4 is 5.32 Å². The van der Waals surface area contributed by atoms with Gasteiger partial charge in [0.05, 0.1) is 0 Å². The van der Waals surface area contributed by atoms with Crippen molar-refractivity contribution in [1.29, 1.82) is 0 Å². The van der Waals surface area contributed by atoms with Crippen molar-refractivity contribution in [3.05, 3.63) is 71.3 Å². The fraction of sp³-hybridized carbons (Fsp3) is 0.423. The first kappa shape index (κ1) is 22.1. The first-order valence-corrected chi connectivity index (χ1v) is 11.4. The summed E-state index contributed by atoms with van der Waals surface area (Å²) in [5, 5.41) is 2.86. The van der Waals surface area contributed by atoms with Gasteiger partial charge in [-0.25, -0.2) is 4.79 Å². The molecule has 6 heteroatoms. The van der Waals surface area contributed by atoms with Gasteiger partial charge < -0.3 is 10.2 Å². The largest absolute Gasteiger partial charge is 0.334 e. The van der Waals surface area contributed by atoms with Crippen LogP contribution in [0.15, 0.2) is 54.6 Å². The molecule has 0 radical (unpaired) electrons. The fourth-order valence-electron chi connectivity index (χ4n) is 4.37. The van der Waals surface area contributed by atoms with Crippen LogP contribution in [0.5, 0.6) is 0 Å². The van der Waals surface area contributed by atoms with E-state index in [4.69, 9.17) is 0 Å². The lowest BCUT2D eigenvalue weighted by Crippen LogP contribution is -2.46. The SMILES string of the molecule is CCC1(c2ccccc2)NC(=O)N(CC(=O)N(Cc2ccc(C(C)C)cc2)C2CC2)C1=O. The molecule has 0 bridgehead atoms. The van der Waals surface area contributed by atoms with Gasteiger partial charge in [0.25, 0.3) is 5.91 Å². The van der Waals surface area contributed by atoms with E-state index in [1.54, 1.807) is 0 Å². The van der Waals surface area contributed by atoms with E-state index in [9.17, 15) is 14.4 Å². The van der Waals surface area contributed by atoms with Crippen molar-refractivity contribution in [3.63, 3.8) is 0 Å². The van der Waals surface area contributed by atoms with Gasteiger partial charge in [-0.05, 0) is 41.9 Å². The molecule has 2 aliphatic rings. The summed E-state index contributed by atoms with van der Waals surface area (Å²) in [6.07, 6.45) is 2.33. The zero-order valence-corrected chi connectivity index (χ0v) is 19.0. The van der Waals surface area contributed by atoms with E-state index >= 15 is 0 Å². The molecule has 1 N–H and O–H groups in total. The van der Waals surface area contributed by atoms with Crippen LogP contribution in [0.3, 0.4) is 0 Å². The van der Waals surface area contributed by atoms with Crippen LogP contribution >= 0.6 is 0 Å². The van der Waals surface area contributed by atoms with E-state index in [1.165, 1.54) is 5.56 Å². The molecule has 1 heterocycles. The van der Waals surface area contributed by atoms with E-state index in [1.807, 2.05) is 42.2 Å². The average molecular weight is 434 g/mol. The third-order valence-electron chi connectivity index (χ3n) is 6.57. The predicted molar refractivity (Wildman–Crippen MR) is 123 cm³/mol. The summed E-state index contributed by atoms with van der Waals surface area (Å²) < 4.78 is 0. The number of amides is 4. The Bertz CT molecular complexity index is 999. The second kappa shape index (κ2) is 8.77. The smallest absolute Gasteiger partial charge is 0.325 e. The van der Waals surface area contributed by atoms with Gasteiger partial charge >= 0.3 is 6.03 Å². The number of carbonyl (C=O) groups excluding carboxylic acids is 3. The Morgan fingerprint density at radius 1 is 1.09 bits per heavy atom. The van der Waals surface area contributed by atoms with Crippen LogP contribution in [0.25, 0.3) is 0 Å². The maximum Gasteiger partial charge on any atom is 0.325 e. The molecular weight excluding hydrogens is 402 g/mol. The van der Waals surface area contributed by atoms with Crippen LogP contribution in [-0.2, 0) is 21.7 Å². The molecule has 1 aliphatic heterocycles. The van der Waals surface area contributed by atoms with E-state index in [0.29, 0.717) is 18.9 Å². The maximum atomic E-state index is 13.3. The van der Waals surface area contributed by atoms with Gasteiger partial charge in [-0.15, -0.1) is 0 Å². The standard InChI is InChI=1S/C26H31N3O3/c1-4-26(21-8-6-5-7-9-21)24(31)29(25(32)27-26)17-23(30)28(22-14-15-22)16-19-10-12-20(13-11-19)18(2)3/h5-13,18,22H,4,14-17H2,1-3H3,(H,27,32). The molecule has 1 saturated carbocycles. The number of nitrogens with zero attached hydrogens (tertiary/aromatic N) is 2. The van der Waals surface area contributed by atoms with Crippen molar-refractivity contribution in [2.45, 2.75) is 64.1 Å². The summed E-state index contributed by atoms with van der Waals surface area (Å²) in [6.45, 7) is 6.43. The number of benzene rings is 2. The molecule has 1 unspecified atom stereocenters. The third kappa shape index (κ3) is 4.14. The Labute approximate surface area is 189 Å². The summed E-state index contributed by atoms with van der Waals surface area (Å²) >= 11 is 0. The van der Waals surface area contributed by atoms with E-state index < -0.39 is 11.6 Å². The molecule has 1 saturated heterocycles. The third-order valence-corrected chi connectivity index (χ3v) is 6.57. The highest BCUT2D eigenvalue weighted by Crippen LogP contribution is 2.33. The van der Waals surface area contributed by atoms with Crippen LogP contribution in [0.2, 0.25) is 0 Å². The quantitative estimate of drug-likeness (QED) is 0.636. The molecule has 32 heavy (non-hydrogen) atoms. The van der Waals surface area contributed by atoms with Gasteiger partial charge in [-0.2, -0.15) is 0 Å². The number of rotatable bonds is 8. The second-order valence-electron chi connectivity index (χ2n) is 9.10. The summed E-state index contributed by atoms with van der Waals surface area (Å²) in [5.74, 6) is -0.0983. The highest BCUT2D eigenvalue weighted by atomic mass is 16.2. The van der Waals surface area contributed by atoms with Gasteiger partial charge in [-0.3, -0.25) is 14.5 Å². The average Bonchev–Trinajstić information content (AvgIpc) is 3.61. The van der Waals surface area contributed by atoms with E-state index in [2.05, 4.69) is 43.4 Å². The lowest BCUT2D eigenvalue weighted by atomic mass is 9.87. The number of nitrogens with one attached hydrogen (secondary N) is 1. The normalized spacial score (nSPS) is 20.6. The molecule has 2 aromatic rings. The zero-order chi connectivity index (χ0) is 22.9. The highest BCUT2D eigenvalue weighted by Gasteiger charge is 2.52. The summed E-state index contributed by atoms with van der Waals surface area (Å²) in [7, 11) is 0. The van der Waals surface area contributed by atoms with Crippen molar-refractivity contribution in [1.82, 2.24) is 15.1 Å².